The zero-order valence-corrected chi connectivity index (χ0v) is 29.0. The molecule has 0 saturated carbocycles. The molecule has 2 aromatic carbocycles. The predicted molar refractivity (Wildman–Crippen MR) is 184 cm³/mol. The van der Waals surface area contributed by atoms with Gasteiger partial charge in [0.25, 0.3) is 0 Å². The van der Waals surface area contributed by atoms with Gasteiger partial charge < -0.3 is 31.1 Å². The number of carbonyl (C=O) groups is 4. The number of amides is 5. The van der Waals surface area contributed by atoms with Crippen molar-refractivity contribution in [3.63, 3.8) is 0 Å². The van der Waals surface area contributed by atoms with Gasteiger partial charge in [-0.3, -0.25) is 14.4 Å². The SMILES string of the molecule is CCNC(=O)[C@]1(Cc2ccccc2)CCCN(C(=O)[C@@H](Cc2ccc(Cl)c(Cl)c2)NC(=O)N2CCN(C(=O)CCCCC[NH3+])CC2)C1. The zero-order chi connectivity index (χ0) is 33.8. The number of urea groups is 1. The summed E-state index contributed by atoms with van der Waals surface area (Å²) in [5, 5.41) is 6.78. The average Bonchev–Trinajstić information content (AvgIpc) is 3.08. The van der Waals surface area contributed by atoms with Gasteiger partial charge in [0.2, 0.25) is 17.7 Å². The Bertz CT molecular complexity index is 1370. The first-order chi connectivity index (χ1) is 22.7. The van der Waals surface area contributed by atoms with Crippen molar-refractivity contribution in [2.45, 2.75) is 64.3 Å². The Hall–Kier alpha value is -3.34. The summed E-state index contributed by atoms with van der Waals surface area (Å²) in [6, 6.07) is 13.8. The van der Waals surface area contributed by atoms with Crippen LogP contribution in [0.1, 0.15) is 56.6 Å². The minimum Gasteiger partial charge on any atom is -0.358 e. The van der Waals surface area contributed by atoms with Crippen LogP contribution in [-0.4, -0.2) is 96.9 Å². The van der Waals surface area contributed by atoms with Crippen molar-refractivity contribution in [3.05, 3.63) is 69.7 Å². The number of quaternary nitrogens is 1. The summed E-state index contributed by atoms with van der Waals surface area (Å²) in [5.74, 6) is -0.207. The van der Waals surface area contributed by atoms with Crippen LogP contribution in [0.25, 0.3) is 0 Å². The van der Waals surface area contributed by atoms with Crippen LogP contribution in [0.2, 0.25) is 10.0 Å². The van der Waals surface area contributed by atoms with Gasteiger partial charge in [-0.1, -0.05) is 59.6 Å². The van der Waals surface area contributed by atoms with Gasteiger partial charge >= 0.3 is 6.03 Å². The molecule has 0 spiro atoms. The third-order valence-corrected chi connectivity index (χ3v) is 9.91. The second kappa shape index (κ2) is 17.7. The molecule has 10 nitrogen and oxygen atoms in total. The number of carbonyl (C=O) groups excluding carboxylic acids is 4. The summed E-state index contributed by atoms with van der Waals surface area (Å²) >= 11 is 12.5. The van der Waals surface area contributed by atoms with Crippen LogP contribution in [0.15, 0.2) is 48.5 Å². The Kier molecular flexibility index (Phi) is 13.8. The fraction of sp³-hybridized carbons (Fsp3) is 0.543. The van der Waals surface area contributed by atoms with E-state index in [0.29, 0.717) is 75.0 Å². The molecule has 2 aliphatic rings. The molecule has 2 heterocycles. The first-order valence-corrected chi connectivity index (χ1v) is 17.6. The summed E-state index contributed by atoms with van der Waals surface area (Å²) in [5.41, 5.74) is 4.84. The highest BCUT2D eigenvalue weighted by Gasteiger charge is 2.44. The first-order valence-electron chi connectivity index (χ1n) is 16.8. The van der Waals surface area contributed by atoms with E-state index in [2.05, 4.69) is 16.4 Å². The predicted octanol–water partition coefficient (Wildman–Crippen LogP) is 3.55. The summed E-state index contributed by atoms with van der Waals surface area (Å²) in [7, 11) is 0. The molecule has 256 valence electrons. The molecular weight excluding hydrogens is 639 g/mol. The second-order valence-corrected chi connectivity index (χ2v) is 13.5. The Balaban J connectivity index is 1.49. The smallest absolute Gasteiger partial charge is 0.318 e. The van der Waals surface area contributed by atoms with E-state index in [0.717, 1.165) is 36.9 Å². The van der Waals surface area contributed by atoms with Crippen molar-refractivity contribution in [1.82, 2.24) is 25.3 Å². The number of unbranched alkanes of at least 4 members (excludes halogenated alkanes) is 2. The quantitative estimate of drug-likeness (QED) is 0.278. The van der Waals surface area contributed by atoms with Gasteiger partial charge in [0.1, 0.15) is 6.04 Å². The van der Waals surface area contributed by atoms with E-state index >= 15 is 0 Å². The maximum absolute atomic E-state index is 14.3. The highest BCUT2D eigenvalue weighted by molar-refractivity contribution is 6.42. The van der Waals surface area contributed by atoms with Crippen molar-refractivity contribution < 1.29 is 24.9 Å². The lowest BCUT2D eigenvalue weighted by Gasteiger charge is -2.43. The molecule has 2 aliphatic heterocycles. The molecule has 2 aromatic rings. The Morgan fingerprint density at radius 2 is 1.60 bits per heavy atom. The number of rotatable bonds is 13. The monoisotopic (exact) mass is 687 g/mol. The lowest BCUT2D eigenvalue weighted by molar-refractivity contribution is -0.368. The number of hydrogen-bond acceptors (Lipinski definition) is 4. The van der Waals surface area contributed by atoms with Gasteiger partial charge in [-0.25, -0.2) is 4.79 Å². The van der Waals surface area contributed by atoms with E-state index < -0.39 is 11.5 Å². The van der Waals surface area contributed by atoms with E-state index in [1.165, 1.54) is 0 Å². The lowest BCUT2D eigenvalue weighted by Crippen LogP contribution is -2.60. The summed E-state index contributed by atoms with van der Waals surface area (Å²) in [4.78, 5) is 59.4. The molecule has 47 heavy (non-hydrogen) atoms. The van der Waals surface area contributed by atoms with Crippen molar-refractivity contribution in [3.8, 4) is 0 Å². The topological polar surface area (TPSA) is 130 Å². The molecular formula is C35H49Cl2N6O4+. The Labute approximate surface area is 288 Å². The number of benzene rings is 2. The molecule has 0 unspecified atom stereocenters. The molecule has 0 radical (unpaired) electrons. The molecule has 2 atom stereocenters. The van der Waals surface area contributed by atoms with Gasteiger partial charge in [-0.15, -0.1) is 0 Å². The maximum atomic E-state index is 14.3. The van der Waals surface area contributed by atoms with Crippen LogP contribution in [0.4, 0.5) is 4.79 Å². The molecule has 2 fully saturated rings. The fourth-order valence-electron chi connectivity index (χ4n) is 6.57. The van der Waals surface area contributed by atoms with Crippen LogP contribution in [0.5, 0.6) is 0 Å². The minimum atomic E-state index is -0.894. The van der Waals surface area contributed by atoms with Crippen LogP contribution in [-0.2, 0) is 27.2 Å². The number of nitrogens with zero attached hydrogens (tertiary/aromatic N) is 3. The van der Waals surface area contributed by atoms with Gasteiger partial charge in [-0.05, 0) is 68.7 Å². The highest BCUT2D eigenvalue weighted by Crippen LogP contribution is 2.35. The third-order valence-electron chi connectivity index (χ3n) is 9.17. The number of nitrogens with one attached hydrogen (secondary N) is 2. The van der Waals surface area contributed by atoms with E-state index in [4.69, 9.17) is 23.2 Å². The van der Waals surface area contributed by atoms with E-state index in [1.54, 1.807) is 28.0 Å². The van der Waals surface area contributed by atoms with Gasteiger partial charge in [0, 0.05) is 58.7 Å². The molecule has 0 bridgehead atoms. The standard InChI is InChI=1S/C35H48Cl2N6O4/c1-2-39-33(46)35(24-26-10-5-3-6-11-26)15-9-17-43(25-35)32(45)30(23-27-13-14-28(36)29(37)22-27)40-34(47)42-20-18-41(19-21-42)31(44)12-7-4-8-16-38/h3,5-6,10-11,13-14,22,30H,2,4,7-9,12,15-21,23-25,38H2,1H3,(H,39,46)(H,40,47)/p+1/t30-,35+/m1/s1. The molecule has 0 aliphatic carbocycles. The van der Waals surface area contributed by atoms with Gasteiger partial charge in [-0.2, -0.15) is 0 Å². The number of likely N-dealkylation sites (tertiary alicyclic amines) is 1. The molecule has 4 rings (SSSR count). The van der Waals surface area contributed by atoms with Crippen molar-refractivity contribution >= 4 is 47.0 Å². The summed E-state index contributed by atoms with van der Waals surface area (Å²) < 4.78 is 0. The zero-order valence-electron chi connectivity index (χ0n) is 27.4. The molecule has 12 heteroatoms. The normalized spacial score (nSPS) is 18.9. The number of hydrogen-bond donors (Lipinski definition) is 3. The molecule has 5 N–H and O–H groups in total. The Morgan fingerprint density at radius 3 is 2.28 bits per heavy atom. The average molecular weight is 689 g/mol. The van der Waals surface area contributed by atoms with Crippen LogP contribution in [0, 0.1) is 5.41 Å². The van der Waals surface area contributed by atoms with Crippen molar-refractivity contribution in [2.75, 3.05) is 52.4 Å². The van der Waals surface area contributed by atoms with E-state index in [9.17, 15) is 19.2 Å². The molecule has 2 saturated heterocycles. The summed E-state index contributed by atoms with van der Waals surface area (Å²) in [6.45, 7) is 5.65. The maximum Gasteiger partial charge on any atom is 0.318 e. The fourth-order valence-corrected chi connectivity index (χ4v) is 6.90. The van der Waals surface area contributed by atoms with Crippen LogP contribution in [0.3, 0.4) is 0 Å². The van der Waals surface area contributed by atoms with Gasteiger partial charge in [0.05, 0.1) is 22.0 Å². The van der Waals surface area contributed by atoms with Crippen LogP contribution < -0.4 is 16.4 Å². The highest BCUT2D eigenvalue weighted by atomic mass is 35.5. The number of piperazine rings is 1. The van der Waals surface area contributed by atoms with E-state index in [-0.39, 0.29) is 36.7 Å². The second-order valence-electron chi connectivity index (χ2n) is 12.7. The van der Waals surface area contributed by atoms with Gasteiger partial charge in [0.15, 0.2) is 0 Å². The number of halogens is 2. The number of piperidine rings is 1. The van der Waals surface area contributed by atoms with Crippen molar-refractivity contribution in [2.24, 2.45) is 5.41 Å². The minimum absolute atomic E-state index is 0.0683. The molecule has 0 aromatic heterocycles. The first kappa shape index (κ1) is 36.5. The van der Waals surface area contributed by atoms with E-state index in [1.807, 2.05) is 42.2 Å². The lowest BCUT2D eigenvalue weighted by atomic mass is 9.74. The summed E-state index contributed by atoms with van der Waals surface area (Å²) in [6.07, 6.45) is 5.37. The van der Waals surface area contributed by atoms with Crippen molar-refractivity contribution in [1.29, 1.82) is 0 Å². The molecule has 5 amide bonds. The Morgan fingerprint density at radius 1 is 0.872 bits per heavy atom. The van der Waals surface area contributed by atoms with Crippen LogP contribution >= 0.6 is 23.2 Å². The largest absolute Gasteiger partial charge is 0.358 e. The third kappa shape index (κ3) is 10.1.